The number of benzene rings is 1. The summed E-state index contributed by atoms with van der Waals surface area (Å²) in [7, 11) is 0. The molecule has 1 aromatic rings. The zero-order chi connectivity index (χ0) is 11.5. The predicted octanol–water partition coefficient (Wildman–Crippen LogP) is 3.75. The molecular weight excluding hydrogens is 216 g/mol. The molecule has 0 aliphatic carbocycles. The van der Waals surface area contributed by atoms with Crippen LogP contribution in [0.3, 0.4) is 0 Å². The van der Waals surface area contributed by atoms with Crippen molar-refractivity contribution in [2.24, 2.45) is 5.92 Å². The van der Waals surface area contributed by atoms with E-state index in [-0.39, 0.29) is 5.92 Å². The molecule has 0 N–H and O–H groups in total. The number of ketones is 1. The topological polar surface area (TPSA) is 17.1 Å². The molecule has 1 unspecified atom stereocenters. The SMILES string of the molecule is CC(C)c1ccc(C(=O)C2CCSC2)cc1. The monoisotopic (exact) mass is 234 g/mol. The maximum absolute atomic E-state index is 12.1. The first-order valence-electron chi connectivity index (χ1n) is 5.90. The largest absolute Gasteiger partial charge is 0.294 e. The Morgan fingerprint density at radius 2 is 2.00 bits per heavy atom. The highest BCUT2D eigenvalue weighted by Crippen LogP contribution is 2.27. The Balaban J connectivity index is 2.11. The molecule has 2 rings (SSSR count). The summed E-state index contributed by atoms with van der Waals surface area (Å²) in [5.74, 6) is 3.27. The van der Waals surface area contributed by atoms with Gasteiger partial charge in [-0.3, -0.25) is 4.79 Å². The van der Waals surface area contributed by atoms with Gasteiger partial charge in [-0.1, -0.05) is 38.1 Å². The van der Waals surface area contributed by atoms with Gasteiger partial charge >= 0.3 is 0 Å². The van der Waals surface area contributed by atoms with Crippen molar-refractivity contribution in [3.8, 4) is 0 Å². The first-order chi connectivity index (χ1) is 7.68. The second kappa shape index (κ2) is 5.05. The summed E-state index contributed by atoms with van der Waals surface area (Å²) in [5.41, 5.74) is 2.19. The molecule has 16 heavy (non-hydrogen) atoms. The van der Waals surface area contributed by atoms with E-state index in [9.17, 15) is 4.79 Å². The van der Waals surface area contributed by atoms with E-state index >= 15 is 0 Å². The highest BCUT2D eigenvalue weighted by atomic mass is 32.2. The lowest BCUT2D eigenvalue weighted by Gasteiger charge is -2.09. The van der Waals surface area contributed by atoms with Gasteiger partial charge in [0.05, 0.1) is 0 Å². The Bertz CT molecular complexity index is 361. The van der Waals surface area contributed by atoms with Gasteiger partial charge in [0.15, 0.2) is 5.78 Å². The normalized spacial score (nSPS) is 20.3. The third-order valence-corrected chi connectivity index (χ3v) is 4.32. The molecule has 0 radical (unpaired) electrons. The number of thioether (sulfide) groups is 1. The summed E-state index contributed by atoms with van der Waals surface area (Å²) in [6, 6.07) is 8.14. The predicted molar refractivity (Wildman–Crippen MR) is 70.3 cm³/mol. The van der Waals surface area contributed by atoms with Crippen LogP contribution in [-0.2, 0) is 0 Å². The van der Waals surface area contributed by atoms with Gasteiger partial charge in [0.2, 0.25) is 0 Å². The molecule has 1 aliphatic heterocycles. The van der Waals surface area contributed by atoms with Crippen LogP contribution >= 0.6 is 11.8 Å². The zero-order valence-electron chi connectivity index (χ0n) is 9.90. The average Bonchev–Trinajstić information content (AvgIpc) is 2.81. The molecule has 0 spiro atoms. The van der Waals surface area contributed by atoms with E-state index in [1.165, 1.54) is 5.56 Å². The van der Waals surface area contributed by atoms with Crippen molar-refractivity contribution < 1.29 is 4.79 Å². The summed E-state index contributed by atoms with van der Waals surface area (Å²) in [6.07, 6.45) is 1.05. The summed E-state index contributed by atoms with van der Waals surface area (Å²) in [4.78, 5) is 12.1. The molecule has 1 nitrogen and oxygen atoms in total. The van der Waals surface area contributed by atoms with Crippen LogP contribution in [-0.4, -0.2) is 17.3 Å². The smallest absolute Gasteiger partial charge is 0.166 e. The van der Waals surface area contributed by atoms with Crippen LogP contribution in [0, 0.1) is 5.92 Å². The molecule has 1 fully saturated rings. The minimum Gasteiger partial charge on any atom is -0.294 e. The molecular formula is C14H18OS. The third-order valence-electron chi connectivity index (χ3n) is 3.16. The summed E-state index contributed by atoms with van der Waals surface area (Å²) >= 11 is 1.89. The minimum absolute atomic E-state index is 0.259. The van der Waals surface area contributed by atoms with Crippen molar-refractivity contribution in [1.29, 1.82) is 0 Å². The van der Waals surface area contributed by atoms with Crippen LogP contribution in [0.4, 0.5) is 0 Å². The van der Waals surface area contributed by atoms with E-state index in [0.717, 1.165) is 23.5 Å². The first kappa shape index (κ1) is 11.7. The average molecular weight is 234 g/mol. The fourth-order valence-corrected chi connectivity index (χ4v) is 3.23. The fraction of sp³-hybridized carbons (Fsp3) is 0.500. The Hall–Kier alpha value is -0.760. The second-order valence-electron chi connectivity index (χ2n) is 4.70. The quantitative estimate of drug-likeness (QED) is 0.741. The number of carbonyl (C=O) groups excluding carboxylic acids is 1. The molecule has 1 heterocycles. The maximum atomic E-state index is 12.1. The fourth-order valence-electron chi connectivity index (χ4n) is 2.01. The van der Waals surface area contributed by atoms with Crippen molar-refractivity contribution in [1.82, 2.24) is 0 Å². The molecule has 1 atom stereocenters. The minimum atomic E-state index is 0.259. The zero-order valence-corrected chi connectivity index (χ0v) is 10.7. The highest BCUT2D eigenvalue weighted by molar-refractivity contribution is 7.99. The molecule has 0 saturated carbocycles. The van der Waals surface area contributed by atoms with Gasteiger partial charge in [-0.05, 0) is 23.7 Å². The van der Waals surface area contributed by atoms with Crippen molar-refractivity contribution in [3.63, 3.8) is 0 Å². The number of hydrogen-bond donors (Lipinski definition) is 0. The molecule has 2 heteroatoms. The Labute approximate surface area is 102 Å². The van der Waals surface area contributed by atoms with Crippen molar-refractivity contribution >= 4 is 17.5 Å². The summed E-state index contributed by atoms with van der Waals surface area (Å²) < 4.78 is 0. The van der Waals surface area contributed by atoms with Gasteiger partial charge in [0.1, 0.15) is 0 Å². The highest BCUT2D eigenvalue weighted by Gasteiger charge is 2.24. The van der Waals surface area contributed by atoms with E-state index in [4.69, 9.17) is 0 Å². The molecule has 86 valence electrons. The van der Waals surface area contributed by atoms with Gasteiger partial charge in [-0.2, -0.15) is 11.8 Å². The maximum Gasteiger partial charge on any atom is 0.166 e. The van der Waals surface area contributed by atoms with Crippen molar-refractivity contribution in [2.45, 2.75) is 26.2 Å². The lowest BCUT2D eigenvalue weighted by Crippen LogP contribution is -2.13. The first-order valence-corrected chi connectivity index (χ1v) is 7.06. The molecule has 1 saturated heterocycles. The van der Waals surface area contributed by atoms with Crippen LogP contribution in [0.2, 0.25) is 0 Å². The van der Waals surface area contributed by atoms with Crippen LogP contribution in [0.1, 0.15) is 42.1 Å². The molecule has 1 aromatic carbocycles. The Morgan fingerprint density at radius 3 is 2.50 bits per heavy atom. The van der Waals surface area contributed by atoms with Gasteiger partial charge in [-0.25, -0.2) is 0 Å². The summed E-state index contributed by atoms with van der Waals surface area (Å²) in [6.45, 7) is 4.34. The van der Waals surface area contributed by atoms with E-state index in [1.807, 2.05) is 23.9 Å². The van der Waals surface area contributed by atoms with Crippen LogP contribution < -0.4 is 0 Å². The lowest BCUT2D eigenvalue weighted by molar-refractivity contribution is 0.0933. The Morgan fingerprint density at radius 1 is 1.31 bits per heavy atom. The van der Waals surface area contributed by atoms with E-state index in [1.54, 1.807) is 0 Å². The number of hydrogen-bond acceptors (Lipinski definition) is 2. The van der Waals surface area contributed by atoms with Gasteiger partial charge in [0, 0.05) is 17.2 Å². The van der Waals surface area contributed by atoms with Crippen molar-refractivity contribution in [2.75, 3.05) is 11.5 Å². The van der Waals surface area contributed by atoms with Gasteiger partial charge in [-0.15, -0.1) is 0 Å². The van der Waals surface area contributed by atoms with Gasteiger partial charge < -0.3 is 0 Å². The summed E-state index contributed by atoms with van der Waals surface area (Å²) in [5, 5.41) is 0. The Kier molecular flexibility index (Phi) is 3.70. The van der Waals surface area contributed by atoms with Gasteiger partial charge in [0.25, 0.3) is 0 Å². The third kappa shape index (κ3) is 2.49. The van der Waals surface area contributed by atoms with E-state index in [2.05, 4.69) is 26.0 Å². The number of carbonyl (C=O) groups is 1. The van der Waals surface area contributed by atoms with Crippen LogP contribution in [0.15, 0.2) is 24.3 Å². The second-order valence-corrected chi connectivity index (χ2v) is 5.85. The number of rotatable bonds is 3. The van der Waals surface area contributed by atoms with Crippen LogP contribution in [0.25, 0.3) is 0 Å². The molecule has 0 aromatic heterocycles. The molecule has 1 aliphatic rings. The standard InChI is InChI=1S/C14H18OS/c1-10(2)11-3-5-12(6-4-11)14(15)13-7-8-16-9-13/h3-6,10,13H,7-9H2,1-2H3. The molecule has 0 bridgehead atoms. The number of Topliss-reactive ketones (excluding diaryl/α,β-unsaturated/α-hetero) is 1. The lowest BCUT2D eigenvalue weighted by atomic mass is 9.94. The molecule has 0 amide bonds. The van der Waals surface area contributed by atoms with E-state index in [0.29, 0.717) is 11.7 Å². The van der Waals surface area contributed by atoms with E-state index < -0.39 is 0 Å². The van der Waals surface area contributed by atoms with Crippen molar-refractivity contribution in [3.05, 3.63) is 35.4 Å². The van der Waals surface area contributed by atoms with Crippen LogP contribution in [0.5, 0.6) is 0 Å².